The van der Waals surface area contributed by atoms with Gasteiger partial charge in [0.25, 0.3) is 0 Å². The minimum absolute atomic E-state index is 0.0763. The first kappa shape index (κ1) is 15.9. The molecule has 124 valence electrons. The number of imidazole rings is 1. The van der Waals surface area contributed by atoms with Crippen LogP contribution in [0.2, 0.25) is 0 Å². The van der Waals surface area contributed by atoms with Gasteiger partial charge in [-0.15, -0.1) is 0 Å². The van der Waals surface area contributed by atoms with Gasteiger partial charge in [0, 0.05) is 12.6 Å². The maximum Gasteiger partial charge on any atom is 0.336 e. The van der Waals surface area contributed by atoms with E-state index in [-0.39, 0.29) is 11.6 Å². The van der Waals surface area contributed by atoms with Crippen molar-refractivity contribution in [1.29, 1.82) is 0 Å². The number of aromatic amines is 1. The number of H-pyrrole nitrogens is 1. The molecule has 0 unspecified atom stereocenters. The number of ketones is 1. The van der Waals surface area contributed by atoms with E-state index in [0.29, 0.717) is 17.7 Å². The van der Waals surface area contributed by atoms with Gasteiger partial charge in [-0.1, -0.05) is 36.8 Å². The summed E-state index contributed by atoms with van der Waals surface area (Å²) in [6.45, 7) is 3.84. The number of fused-ring (bicyclic) bond motifs is 1. The zero-order valence-corrected chi connectivity index (χ0v) is 13.7. The van der Waals surface area contributed by atoms with Crippen LogP contribution in [0.5, 0.6) is 0 Å². The van der Waals surface area contributed by atoms with Gasteiger partial charge in [-0.3, -0.25) is 14.3 Å². The Bertz CT molecular complexity index is 1020. The molecular formula is C17H18N4O3. The standard InChI is InChI=1S/C17H18N4O3/c1-4-12(14(22)11-7-5-10(2)6-8-11)13-9-18-15-20(3)16(23)19-17(24)21(13)15/h5-9,12H,4H2,1-3H3,(H,19,23,24)/t12-/m0/s1. The van der Waals surface area contributed by atoms with E-state index in [0.717, 1.165) is 5.56 Å². The Labute approximate surface area is 137 Å². The van der Waals surface area contributed by atoms with Crippen LogP contribution < -0.4 is 11.4 Å². The highest BCUT2D eigenvalue weighted by Crippen LogP contribution is 2.24. The molecule has 0 spiro atoms. The lowest BCUT2D eigenvalue weighted by Crippen LogP contribution is -2.34. The van der Waals surface area contributed by atoms with Crippen LogP contribution >= 0.6 is 0 Å². The molecule has 3 rings (SSSR count). The minimum atomic E-state index is -0.587. The van der Waals surface area contributed by atoms with Crippen molar-refractivity contribution in [3.63, 3.8) is 0 Å². The second kappa shape index (κ2) is 5.92. The number of aryl methyl sites for hydroxylation is 2. The van der Waals surface area contributed by atoms with E-state index >= 15 is 0 Å². The third kappa shape index (κ3) is 2.47. The van der Waals surface area contributed by atoms with Crippen molar-refractivity contribution < 1.29 is 4.79 Å². The number of aromatic nitrogens is 4. The van der Waals surface area contributed by atoms with Crippen molar-refractivity contribution in [3.8, 4) is 0 Å². The molecule has 0 aliphatic heterocycles. The number of hydrogen-bond donors (Lipinski definition) is 1. The fourth-order valence-electron chi connectivity index (χ4n) is 2.82. The van der Waals surface area contributed by atoms with Gasteiger partial charge in [0.1, 0.15) is 0 Å². The van der Waals surface area contributed by atoms with E-state index in [9.17, 15) is 14.4 Å². The summed E-state index contributed by atoms with van der Waals surface area (Å²) in [4.78, 5) is 43.1. The molecule has 0 aliphatic carbocycles. The molecule has 2 aromatic heterocycles. The molecule has 24 heavy (non-hydrogen) atoms. The van der Waals surface area contributed by atoms with Crippen molar-refractivity contribution in [3.05, 3.63) is 68.3 Å². The zero-order chi connectivity index (χ0) is 17.4. The number of benzene rings is 1. The quantitative estimate of drug-likeness (QED) is 0.734. The van der Waals surface area contributed by atoms with Crippen LogP contribution in [0.4, 0.5) is 0 Å². The number of hydrogen-bond acceptors (Lipinski definition) is 4. The first-order chi connectivity index (χ1) is 11.4. The van der Waals surface area contributed by atoms with Crippen molar-refractivity contribution >= 4 is 11.6 Å². The van der Waals surface area contributed by atoms with Gasteiger partial charge < -0.3 is 0 Å². The zero-order valence-electron chi connectivity index (χ0n) is 13.7. The van der Waals surface area contributed by atoms with E-state index in [1.807, 2.05) is 26.0 Å². The van der Waals surface area contributed by atoms with Crippen molar-refractivity contribution in [1.82, 2.24) is 18.9 Å². The highest BCUT2D eigenvalue weighted by atomic mass is 16.2. The van der Waals surface area contributed by atoms with Crippen LogP contribution in [0.1, 0.15) is 40.9 Å². The molecule has 0 amide bonds. The Balaban J connectivity index is 2.15. The molecule has 1 N–H and O–H groups in total. The first-order valence-corrected chi connectivity index (χ1v) is 7.71. The van der Waals surface area contributed by atoms with Crippen molar-refractivity contribution in [2.45, 2.75) is 26.2 Å². The number of carbonyl (C=O) groups excluding carboxylic acids is 1. The SMILES string of the molecule is CC[C@H](C(=O)c1ccc(C)cc1)c1cnc2n(C)c(=O)[nH]c(=O)n12. The molecular weight excluding hydrogens is 308 g/mol. The third-order valence-corrected chi connectivity index (χ3v) is 4.21. The predicted octanol–water partition coefficient (Wildman–Crippen LogP) is 1.41. The number of nitrogens with zero attached hydrogens (tertiary/aromatic N) is 3. The predicted molar refractivity (Wildman–Crippen MR) is 89.6 cm³/mol. The Morgan fingerprint density at radius 2 is 1.88 bits per heavy atom. The van der Waals surface area contributed by atoms with Gasteiger partial charge >= 0.3 is 11.4 Å². The summed E-state index contributed by atoms with van der Waals surface area (Å²) in [5.74, 6) is -0.372. The summed E-state index contributed by atoms with van der Waals surface area (Å²) in [6, 6.07) is 7.32. The van der Waals surface area contributed by atoms with Gasteiger partial charge in [0.15, 0.2) is 5.78 Å². The second-order valence-electron chi connectivity index (χ2n) is 5.80. The maximum absolute atomic E-state index is 12.9. The van der Waals surface area contributed by atoms with Crippen LogP contribution in [0, 0.1) is 6.92 Å². The lowest BCUT2D eigenvalue weighted by Gasteiger charge is -2.13. The molecule has 1 aromatic carbocycles. The van der Waals surface area contributed by atoms with Crippen LogP contribution in [0.3, 0.4) is 0 Å². The highest BCUT2D eigenvalue weighted by Gasteiger charge is 2.25. The lowest BCUT2D eigenvalue weighted by atomic mass is 9.92. The Hall–Kier alpha value is -2.96. The Kier molecular flexibility index (Phi) is 3.92. The number of Topliss-reactive ketones (excluding diaryl/α,β-unsaturated/α-hetero) is 1. The van der Waals surface area contributed by atoms with E-state index < -0.39 is 17.3 Å². The van der Waals surface area contributed by atoms with E-state index in [1.54, 1.807) is 12.1 Å². The summed E-state index contributed by atoms with van der Waals surface area (Å²) >= 11 is 0. The van der Waals surface area contributed by atoms with Crippen LogP contribution in [0.15, 0.2) is 40.1 Å². The number of nitrogens with one attached hydrogen (secondary N) is 1. The number of rotatable bonds is 4. The number of carbonyl (C=O) groups is 1. The monoisotopic (exact) mass is 326 g/mol. The third-order valence-electron chi connectivity index (χ3n) is 4.21. The molecule has 0 saturated carbocycles. The summed E-state index contributed by atoms with van der Waals surface area (Å²) < 4.78 is 2.54. The van der Waals surface area contributed by atoms with E-state index in [2.05, 4.69) is 9.97 Å². The van der Waals surface area contributed by atoms with Crippen LogP contribution in [-0.4, -0.2) is 24.7 Å². The molecule has 0 bridgehead atoms. The van der Waals surface area contributed by atoms with Gasteiger partial charge in [-0.2, -0.15) is 0 Å². The average molecular weight is 326 g/mol. The second-order valence-corrected chi connectivity index (χ2v) is 5.80. The van der Waals surface area contributed by atoms with Crippen LogP contribution in [-0.2, 0) is 7.05 Å². The fraction of sp³-hybridized carbons (Fsp3) is 0.294. The maximum atomic E-state index is 12.9. The summed E-state index contributed by atoms with van der Waals surface area (Å²) in [5, 5.41) is 0. The topological polar surface area (TPSA) is 89.2 Å². The molecule has 0 radical (unpaired) electrons. The molecule has 0 fully saturated rings. The average Bonchev–Trinajstić information content (AvgIpc) is 2.99. The highest BCUT2D eigenvalue weighted by molar-refractivity contribution is 6.00. The van der Waals surface area contributed by atoms with E-state index in [1.165, 1.54) is 22.2 Å². The minimum Gasteiger partial charge on any atom is -0.293 e. The molecule has 1 atom stereocenters. The fourth-order valence-corrected chi connectivity index (χ4v) is 2.82. The molecule has 7 heteroatoms. The van der Waals surface area contributed by atoms with Crippen molar-refractivity contribution in [2.24, 2.45) is 7.05 Å². The lowest BCUT2D eigenvalue weighted by molar-refractivity contribution is 0.0955. The molecule has 0 aliphatic rings. The van der Waals surface area contributed by atoms with Gasteiger partial charge in [-0.05, 0) is 13.3 Å². The Morgan fingerprint density at radius 3 is 2.50 bits per heavy atom. The summed E-state index contributed by atoms with van der Waals surface area (Å²) in [5.41, 5.74) is 1.01. The van der Waals surface area contributed by atoms with Gasteiger partial charge in [-0.25, -0.2) is 19.0 Å². The van der Waals surface area contributed by atoms with Gasteiger partial charge in [0.2, 0.25) is 5.78 Å². The Morgan fingerprint density at radius 1 is 1.21 bits per heavy atom. The normalized spacial score (nSPS) is 12.5. The summed E-state index contributed by atoms with van der Waals surface area (Å²) in [7, 11) is 1.52. The molecule has 2 heterocycles. The van der Waals surface area contributed by atoms with Gasteiger partial charge in [0.05, 0.1) is 17.8 Å². The smallest absolute Gasteiger partial charge is 0.293 e. The van der Waals surface area contributed by atoms with Crippen molar-refractivity contribution in [2.75, 3.05) is 0 Å². The molecule has 3 aromatic rings. The summed E-state index contributed by atoms with van der Waals surface area (Å²) in [6.07, 6.45) is 2.01. The molecule has 7 nitrogen and oxygen atoms in total. The van der Waals surface area contributed by atoms with Crippen LogP contribution in [0.25, 0.3) is 5.78 Å². The first-order valence-electron chi connectivity index (χ1n) is 7.71. The largest absolute Gasteiger partial charge is 0.336 e. The van der Waals surface area contributed by atoms with E-state index in [4.69, 9.17) is 0 Å². The molecule has 0 saturated heterocycles.